The summed E-state index contributed by atoms with van der Waals surface area (Å²) in [6, 6.07) is 10.2. The van der Waals surface area contributed by atoms with Gasteiger partial charge in [0.2, 0.25) is 0 Å². The molecule has 0 saturated carbocycles. The molecule has 1 aliphatic heterocycles. The third-order valence-electron chi connectivity index (χ3n) is 3.75. The molecule has 26 heavy (non-hydrogen) atoms. The average Bonchev–Trinajstić information content (AvgIpc) is 2.86. The van der Waals surface area contributed by atoms with Crippen molar-refractivity contribution in [3.63, 3.8) is 0 Å². The van der Waals surface area contributed by atoms with Crippen LogP contribution in [0.2, 0.25) is 10.0 Å². The minimum atomic E-state index is -0.361. The van der Waals surface area contributed by atoms with E-state index < -0.39 is 0 Å². The van der Waals surface area contributed by atoms with Crippen LogP contribution in [0, 0.1) is 0 Å². The predicted octanol–water partition coefficient (Wildman–Crippen LogP) is 4.82. The van der Waals surface area contributed by atoms with Gasteiger partial charge in [0.25, 0.3) is 11.1 Å². The molecule has 0 atom stereocenters. The number of carbonyl (C=O) groups is 2. The second kappa shape index (κ2) is 7.61. The number of nitrogens with two attached hydrogens (primary N) is 1. The number of hydrogen-bond acceptors (Lipinski definition) is 5. The van der Waals surface area contributed by atoms with Crippen LogP contribution >= 0.6 is 35.0 Å². The van der Waals surface area contributed by atoms with Crippen LogP contribution in [0.25, 0.3) is 6.08 Å². The van der Waals surface area contributed by atoms with Crippen molar-refractivity contribution >= 4 is 57.9 Å². The Hall–Kier alpha value is -2.15. The van der Waals surface area contributed by atoms with E-state index in [9.17, 15) is 9.59 Å². The lowest BCUT2D eigenvalue weighted by Crippen LogP contribution is -2.27. The average molecular weight is 409 g/mol. The maximum absolute atomic E-state index is 12.6. The standard InChI is InChI=1S/C18H14Cl2N2O3S/c1-25-15-5-3-10(7-14(15)21)8-16-17(23)22(18(24)26-16)9-11-2-4-12(19)13(20)6-11/h2-8H,9,21H2,1H3/b16-8-. The Labute approximate surface area is 164 Å². The first kappa shape index (κ1) is 18.6. The Balaban J connectivity index is 1.82. The van der Waals surface area contributed by atoms with E-state index in [1.807, 2.05) is 0 Å². The van der Waals surface area contributed by atoms with Gasteiger partial charge in [-0.1, -0.05) is 35.3 Å². The summed E-state index contributed by atoms with van der Waals surface area (Å²) in [5, 5.41) is 0.454. The zero-order chi connectivity index (χ0) is 18.8. The Kier molecular flexibility index (Phi) is 5.46. The van der Waals surface area contributed by atoms with Gasteiger partial charge < -0.3 is 10.5 Å². The lowest BCUT2D eigenvalue weighted by molar-refractivity contribution is -0.123. The maximum Gasteiger partial charge on any atom is 0.293 e. The summed E-state index contributed by atoms with van der Waals surface area (Å²) in [5.74, 6) is 0.190. The number of benzene rings is 2. The van der Waals surface area contributed by atoms with Gasteiger partial charge in [-0.15, -0.1) is 0 Å². The second-order valence-corrected chi connectivity index (χ2v) is 7.33. The molecule has 1 aliphatic rings. The zero-order valence-corrected chi connectivity index (χ0v) is 16.0. The molecule has 3 rings (SSSR count). The number of rotatable bonds is 4. The summed E-state index contributed by atoms with van der Waals surface area (Å²) in [5.41, 5.74) is 7.76. The van der Waals surface area contributed by atoms with E-state index in [0.717, 1.165) is 17.3 Å². The fraction of sp³-hybridized carbons (Fsp3) is 0.111. The van der Waals surface area contributed by atoms with E-state index >= 15 is 0 Å². The Morgan fingerprint density at radius 1 is 1.15 bits per heavy atom. The highest BCUT2D eigenvalue weighted by atomic mass is 35.5. The van der Waals surface area contributed by atoms with Gasteiger partial charge in [0.15, 0.2) is 0 Å². The Morgan fingerprint density at radius 3 is 2.58 bits per heavy atom. The molecule has 5 nitrogen and oxygen atoms in total. The van der Waals surface area contributed by atoms with Gasteiger partial charge in [-0.05, 0) is 53.2 Å². The highest BCUT2D eigenvalue weighted by Gasteiger charge is 2.35. The SMILES string of the molecule is COc1ccc(/C=C2\SC(=O)N(Cc3ccc(Cl)c(Cl)c3)C2=O)cc1N. The summed E-state index contributed by atoms with van der Waals surface area (Å²) in [6.45, 7) is 0.129. The van der Waals surface area contributed by atoms with Crippen LogP contribution in [-0.4, -0.2) is 23.2 Å². The molecule has 134 valence electrons. The summed E-state index contributed by atoms with van der Waals surface area (Å²) < 4.78 is 5.11. The van der Waals surface area contributed by atoms with Crippen molar-refractivity contribution in [2.24, 2.45) is 0 Å². The van der Waals surface area contributed by atoms with Crippen LogP contribution in [0.15, 0.2) is 41.3 Å². The number of halogens is 2. The van der Waals surface area contributed by atoms with Crippen molar-refractivity contribution in [2.45, 2.75) is 6.54 Å². The lowest BCUT2D eigenvalue weighted by atomic mass is 10.1. The van der Waals surface area contributed by atoms with Crippen molar-refractivity contribution in [3.8, 4) is 5.75 Å². The second-order valence-electron chi connectivity index (χ2n) is 5.52. The van der Waals surface area contributed by atoms with Crippen LogP contribution in [0.4, 0.5) is 10.5 Å². The first-order chi connectivity index (χ1) is 12.4. The molecule has 0 unspecified atom stereocenters. The van der Waals surface area contributed by atoms with Crippen LogP contribution < -0.4 is 10.5 Å². The molecule has 1 saturated heterocycles. The van der Waals surface area contributed by atoms with E-state index in [4.69, 9.17) is 33.7 Å². The topological polar surface area (TPSA) is 72.6 Å². The molecule has 8 heteroatoms. The van der Waals surface area contributed by atoms with Crippen LogP contribution in [0.3, 0.4) is 0 Å². The fourth-order valence-electron chi connectivity index (χ4n) is 2.45. The lowest BCUT2D eigenvalue weighted by Gasteiger charge is -2.13. The molecule has 2 N–H and O–H groups in total. The third-order valence-corrected chi connectivity index (χ3v) is 5.40. The predicted molar refractivity (Wildman–Crippen MR) is 105 cm³/mol. The normalized spacial score (nSPS) is 15.8. The molecule has 0 spiro atoms. The summed E-state index contributed by atoms with van der Waals surface area (Å²) >= 11 is 12.8. The van der Waals surface area contributed by atoms with Gasteiger partial charge in [-0.3, -0.25) is 14.5 Å². The smallest absolute Gasteiger partial charge is 0.293 e. The number of amides is 2. The Morgan fingerprint density at radius 2 is 1.92 bits per heavy atom. The number of thioether (sulfide) groups is 1. The summed E-state index contributed by atoms with van der Waals surface area (Å²) in [7, 11) is 1.53. The van der Waals surface area contributed by atoms with E-state index in [0.29, 0.717) is 32.0 Å². The monoisotopic (exact) mass is 408 g/mol. The highest BCUT2D eigenvalue weighted by Crippen LogP contribution is 2.34. The van der Waals surface area contributed by atoms with Crippen LogP contribution in [0.1, 0.15) is 11.1 Å². The first-order valence-electron chi connectivity index (χ1n) is 7.52. The molecule has 2 aromatic rings. The van der Waals surface area contributed by atoms with Gasteiger partial charge in [-0.25, -0.2) is 0 Å². The van der Waals surface area contributed by atoms with E-state index in [1.54, 1.807) is 42.5 Å². The molecule has 0 aromatic heterocycles. The quantitative estimate of drug-likeness (QED) is 0.579. The van der Waals surface area contributed by atoms with Crippen molar-refractivity contribution in [1.82, 2.24) is 4.90 Å². The number of anilines is 1. The molecular formula is C18H14Cl2N2O3S. The number of ether oxygens (including phenoxy) is 1. The van der Waals surface area contributed by atoms with Crippen LogP contribution in [0.5, 0.6) is 5.75 Å². The number of nitrogens with zero attached hydrogens (tertiary/aromatic N) is 1. The first-order valence-corrected chi connectivity index (χ1v) is 9.09. The van der Waals surface area contributed by atoms with Crippen molar-refractivity contribution in [2.75, 3.05) is 12.8 Å². The molecule has 0 aliphatic carbocycles. The van der Waals surface area contributed by atoms with Gasteiger partial charge >= 0.3 is 0 Å². The van der Waals surface area contributed by atoms with E-state index in [2.05, 4.69) is 0 Å². The number of imide groups is 1. The largest absolute Gasteiger partial charge is 0.495 e. The molecular weight excluding hydrogens is 395 g/mol. The minimum absolute atomic E-state index is 0.129. The Bertz CT molecular complexity index is 931. The van der Waals surface area contributed by atoms with Crippen molar-refractivity contribution in [1.29, 1.82) is 0 Å². The molecule has 2 amide bonds. The fourth-order valence-corrected chi connectivity index (χ4v) is 3.61. The summed E-state index contributed by atoms with van der Waals surface area (Å²) in [6.07, 6.45) is 1.63. The van der Waals surface area contributed by atoms with Gasteiger partial charge in [-0.2, -0.15) is 0 Å². The van der Waals surface area contributed by atoms with Gasteiger partial charge in [0, 0.05) is 0 Å². The number of nitrogen functional groups attached to an aromatic ring is 1. The van der Waals surface area contributed by atoms with E-state index in [-0.39, 0.29) is 17.7 Å². The van der Waals surface area contributed by atoms with Crippen molar-refractivity contribution < 1.29 is 14.3 Å². The number of methoxy groups -OCH3 is 1. The maximum atomic E-state index is 12.6. The zero-order valence-electron chi connectivity index (χ0n) is 13.7. The summed E-state index contributed by atoms with van der Waals surface area (Å²) in [4.78, 5) is 26.3. The minimum Gasteiger partial charge on any atom is -0.495 e. The molecule has 0 radical (unpaired) electrons. The van der Waals surface area contributed by atoms with Gasteiger partial charge in [0.05, 0.1) is 34.3 Å². The molecule has 0 bridgehead atoms. The third kappa shape index (κ3) is 3.82. The number of carbonyl (C=O) groups excluding carboxylic acids is 2. The van der Waals surface area contributed by atoms with E-state index in [1.165, 1.54) is 12.0 Å². The van der Waals surface area contributed by atoms with Gasteiger partial charge in [0.1, 0.15) is 5.75 Å². The molecule has 1 heterocycles. The molecule has 1 fully saturated rings. The number of hydrogen-bond donors (Lipinski definition) is 1. The molecule has 2 aromatic carbocycles. The van der Waals surface area contributed by atoms with Crippen LogP contribution in [-0.2, 0) is 11.3 Å². The van der Waals surface area contributed by atoms with Crippen molar-refractivity contribution in [3.05, 3.63) is 62.5 Å². The highest BCUT2D eigenvalue weighted by molar-refractivity contribution is 8.18.